The van der Waals surface area contributed by atoms with Gasteiger partial charge in [0, 0.05) is 5.69 Å². The van der Waals surface area contributed by atoms with E-state index in [0.29, 0.717) is 10.6 Å². The van der Waals surface area contributed by atoms with Crippen molar-refractivity contribution < 1.29 is 0 Å². The van der Waals surface area contributed by atoms with E-state index in [0.717, 1.165) is 49.1 Å². The fourth-order valence-corrected chi connectivity index (χ4v) is 2.58. The summed E-state index contributed by atoms with van der Waals surface area (Å²) in [4.78, 5) is 4.63. The number of pyridine rings is 1. The first-order valence-electron chi connectivity index (χ1n) is 5.88. The first-order chi connectivity index (χ1) is 7.77. The molecule has 0 unspecified atom stereocenters. The maximum absolute atomic E-state index is 9.20. The largest absolute Gasteiger partial charge is 0.256 e. The molecule has 1 aliphatic carbocycles. The SMILES string of the molecule is CCCc1nc2c(c(C#N)c1Cl)CCCC2. The van der Waals surface area contributed by atoms with Gasteiger partial charge in [-0.05, 0) is 37.7 Å². The maximum Gasteiger partial charge on any atom is 0.101 e. The molecule has 1 aromatic rings. The molecule has 1 aromatic heterocycles. The zero-order chi connectivity index (χ0) is 11.5. The lowest BCUT2D eigenvalue weighted by molar-refractivity contribution is 0.660. The summed E-state index contributed by atoms with van der Waals surface area (Å²) in [7, 11) is 0. The Bertz CT molecular complexity index is 446. The van der Waals surface area contributed by atoms with Crippen LogP contribution in [0.5, 0.6) is 0 Å². The third kappa shape index (κ3) is 1.92. The van der Waals surface area contributed by atoms with E-state index in [2.05, 4.69) is 18.0 Å². The monoisotopic (exact) mass is 234 g/mol. The number of fused-ring (bicyclic) bond motifs is 1. The van der Waals surface area contributed by atoms with Gasteiger partial charge in [0.2, 0.25) is 0 Å². The lowest BCUT2D eigenvalue weighted by Gasteiger charge is -2.18. The van der Waals surface area contributed by atoms with Gasteiger partial charge in [-0.3, -0.25) is 4.98 Å². The van der Waals surface area contributed by atoms with Crippen LogP contribution in [-0.4, -0.2) is 4.98 Å². The van der Waals surface area contributed by atoms with E-state index in [1.54, 1.807) is 0 Å². The topological polar surface area (TPSA) is 36.7 Å². The quantitative estimate of drug-likeness (QED) is 0.786. The van der Waals surface area contributed by atoms with Crippen LogP contribution in [-0.2, 0) is 19.3 Å². The average Bonchev–Trinajstić information content (AvgIpc) is 2.31. The van der Waals surface area contributed by atoms with E-state index < -0.39 is 0 Å². The standard InChI is InChI=1S/C13H15ClN2/c1-2-5-12-13(14)10(8-15)9-6-3-4-7-11(9)16-12/h2-7H2,1H3. The van der Waals surface area contributed by atoms with Gasteiger partial charge in [0.15, 0.2) is 0 Å². The van der Waals surface area contributed by atoms with Crippen molar-refractivity contribution in [2.24, 2.45) is 0 Å². The molecule has 0 saturated carbocycles. The Kier molecular flexibility index (Phi) is 3.46. The minimum atomic E-state index is 0.588. The third-order valence-corrected chi connectivity index (χ3v) is 3.49. The molecule has 1 aliphatic rings. The van der Waals surface area contributed by atoms with E-state index >= 15 is 0 Å². The summed E-state index contributed by atoms with van der Waals surface area (Å²) < 4.78 is 0. The Morgan fingerprint density at radius 2 is 2.12 bits per heavy atom. The predicted octanol–water partition coefficient (Wildman–Crippen LogP) is 3.44. The molecule has 84 valence electrons. The Morgan fingerprint density at radius 3 is 2.81 bits per heavy atom. The van der Waals surface area contributed by atoms with Crippen molar-refractivity contribution in [3.63, 3.8) is 0 Å². The number of halogens is 1. The van der Waals surface area contributed by atoms with Gasteiger partial charge >= 0.3 is 0 Å². The number of nitriles is 1. The minimum absolute atomic E-state index is 0.588. The molecule has 1 heterocycles. The minimum Gasteiger partial charge on any atom is -0.256 e. The summed E-state index contributed by atoms with van der Waals surface area (Å²) in [6, 6.07) is 2.25. The first-order valence-corrected chi connectivity index (χ1v) is 6.26. The highest BCUT2D eigenvalue weighted by atomic mass is 35.5. The summed E-state index contributed by atoms with van der Waals surface area (Å²) in [6.45, 7) is 2.10. The molecule has 0 aliphatic heterocycles. The van der Waals surface area contributed by atoms with Gasteiger partial charge in [-0.2, -0.15) is 5.26 Å². The molecule has 0 saturated heterocycles. The number of aryl methyl sites for hydroxylation is 2. The maximum atomic E-state index is 9.20. The summed E-state index contributed by atoms with van der Waals surface area (Å²) >= 11 is 6.24. The zero-order valence-electron chi connectivity index (χ0n) is 9.52. The van der Waals surface area contributed by atoms with Gasteiger partial charge < -0.3 is 0 Å². The molecule has 16 heavy (non-hydrogen) atoms. The highest BCUT2D eigenvalue weighted by Crippen LogP contribution is 2.30. The molecule has 3 heteroatoms. The van der Waals surface area contributed by atoms with Crippen LogP contribution in [0.15, 0.2) is 0 Å². The van der Waals surface area contributed by atoms with Crippen LogP contribution in [0.4, 0.5) is 0 Å². The summed E-state index contributed by atoms with van der Waals surface area (Å²) in [5.74, 6) is 0. The van der Waals surface area contributed by atoms with Gasteiger partial charge in [0.05, 0.1) is 16.3 Å². The first kappa shape index (κ1) is 11.4. The van der Waals surface area contributed by atoms with Gasteiger partial charge in [-0.25, -0.2) is 0 Å². The second-order valence-corrected chi connectivity index (χ2v) is 4.62. The van der Waals surface area contributed by atoms with E-state index in [-0.39, 0.29) is 0 Å². The number of hydrogen-bond donors (Lipinski definition) is 0. The smallest absolute Gasteiger partial charge is 0.101 e. The van der Waals surface area contributed by atoms with Crippen molar-refractivity contribution in [1.82, 2.24) is 4.98 Å². The summed E-state index contributed by atoms with van der Waals surface area (Å²) in [5.41, 5.74) is 3.78. The third-order valence-electron chi connectivity index (χ3n) is 3.08. The predicted molar refractivity (Wildman–Crippen MR) is 64.6 cm³/mol. The van der Waals surface area contributed by atoms with Crippen molar-refractivity contribution in [2.45, 2.75) is 45.4 Å². The molecule has 0 fully saturated rings. The molecule has 2 nitrogen and oxygen atoms in total. The number of aromatic nitrogens is 1. The van der Waals surface area contributed by atoms with Crippen LogP contribution >= 0.6 is 11.6 Å². The van der Waals surface area contributed by atoms with Crippen LogP contribution in [0.25, 0.3) is 0 Å². The second kappa shape index (κ2) is 4.84. The number of nitrogens with zero attached hydrogens (tertiary/aromatic N) is 2. The molecule has 0 amide bonds. The van der Waals surface area contributed by atoms with Gasteiger partial charge in [0.25, 0.3) is 0 Å². The second-order valence-electron chi connectivity index (χ2n) is 4.24. The summed E-state index contributed by atoms with van der Waals surface area (Å²) in [6.07, 6.45) is 6.15. The molecule has 2 rings (SSSR count). The molecule has 0 radical (unpaired) electrons. The Hall–Kier alpha value is -1.07. The summed E-state index contributed by atoms with van der Waals surface area (Å²) in [5, 5.41) is 9.79. The van der Waals surface area contributed by atoms with Crippen LogP contribution in [0.2, 0.25) is 5.02 Å². The molecule has 0 bridgehead atoms. The van der Waals surface area contributed by atoms with Crippen LogP contribution in [0, 0.1) is 11.3 Å². The highest BCUT2D eigenvalue weighted by molar-refractivity contribution is 6.32. The molecule has 0 aromatic carbocycles. The normalized spacial score (nSPS) is 14.3. The molecule has 0 spiro atoms. The van der Waals surface area contributed by atoms with Crippen LogP contribution < -0.4 is 0 Å². The number of hydrogen-bond acceptors (Lipinski definition) is 2. The van der Waals surface area contributed by atoms with Gasteiger partial charge in [-0.15, -0.1) is 0 Å². The van der Waals surface area contributed by atoms with Crippen molar-refractivity contribution in [3.8, 4) is 6.07 Å². The Balaban J connectivity index is 2.56. The molecular weight excluding hydrogens is 220 g/mol. The Morgan fingerprint density at radius 1 is 1.38 bits per heavy atom. The van der Waals surface area contributed by atoms with Gasteiger partial charge in [-0.1, -0.05) is 24.9 Å². The molecule has 0 atom stereocenters. The van der Waals surface area contributed by atoms with E-state index in [9.17, 15) is 5.26 Å². The van der Waals surface area contributed by atoms with E-state index in [4.69, 9.17) is 11.6 Å². The molecule has 0 N–H and O–H groups in total. The lowest BCUT2D eigenvalue weighted by Crippen LogP contribution is -2.11. The Labute approximate surface area is 101 Å². The van der Waals surface area contributed by atoms with E-state index in [1.807, 2.05) is 0 Å². The van der Waals surface area contributed by atoms with Crippen molar-refractivity contribution >= 4 is 11.6 Å². The number of rotatable bonds is 2. The highest BCUT2D eigenvalue weighted by Gasteiger charge is 2.20. The fourth-order valence-electron chi connectivity index (χ4n) is 2.29. The molecular formula is C13H15ClN2. The lowest BCUT2D eigenvalue weighted by atomic mass is 9.91. The van der Waals surface area contributed by atoms with E-state index in [1.165, 1.54) is 6.42 Å². The van der Waals surface area contributed by atoms with Crippen LogP contribution in [0.1, 0.15) is 48.7 Å². The van der Waals surface area contributed by atoms with Crippen molar-refractivity contribution in [1.29, 1.82) is 5.26 Å². The average molecular weight is 235 g/mol. The van der Waals surface area contributed by atoms with Crippen molar-refractivity contribution in [2.75, 3.05) is 0 Å². The van der Waals surface area contributed by atoms with Gasteiger partial charge in [0.1, 0.15) is 6.07 Å². The van der Waals surface area contributed by atoms with Crippen molar-refractivity contribution in [3.05, 3.63) is 27.5 Å². The fraction of sp³-hybridized carbons (Fsp3) is 0.538. The van der Waals surface area contributed by atoms with Crippen LogP contribution in [0.3, 0.4) is 0 Å². The zero-order valence-corrected chi connectivity index (χ0v) is 10.3.